The zero-order valence-corrected chi connectivity index (χ0v) is 17.3. The van der Waals surface area contributed by atoms with Crippen LogP contribution in [0.4, 0.5) is 4.39 Å². The number of esters is 1. The lowest BCUT2D eigenvalue weighted by Crippen LogP contribution is -2.37. The lowest BCUT2D eigenvalue weighted by atomic mass is 10.0. The van der Waals surface area contributed by atoms with Crippen LogP contribution in [0, 0.1) is 5.82 Å². The second-order valence-electron chi connectivity index (χ2n) is 7.71. The number of halogens is 1. The van der Waals surface area contributed by atoms with E-state index < -0.39 is 0 Å². The first-order valence-corrected chi connectivity index (χ1v) is 10.5. The third-order valence-corrected chi connectivity index (χ3v) is 5.57. The molecule has 0 unspecified atom stereocenters. The van der Waals surface area contributed by atoms with E-state index in [-0.39, 0.29) is 30.8 Å². The van der Waals surface area contributed by atoms with Gasteiger partial charge in [-0.2, -0.15) is 0 Å². The fourth-order valence-corrected chi connectivity index (χ4v) is 3.92. The number of hydrogen-bond donors (Lipinski definition) is 0. The first kappa shape index (κ1) is 21.0. The van der Waals surface area contributed by atoms with Crippen LogP contribution in [0.3, 0.4) is 0 Å². The van der Waals surface area contributed by atoms with Gasteiger partial charge in [0, 0.05) is 37.1 Å². The molecule has 0 bridgehead atoms. The van der Waals surface area contributed by atoms with Crippen molar-refractivity contribution in [2.75, 3.05) is 32.7 Å². The molecule has 0 N–H and O–H groups in total. The molecule has 1 aliphatic rings. The van der Waals surface area contributed by atoms with E-state index in [9.17, 15) is 14.0 Å². The minimum Gasteiger partial charge on any atom is -0.460 e. The standard InChI is InChI=1S/C25H25FN2O3/c26-23-12-11-22(20-9-4-5-10-21(20)23)25(30)28-14-6-13-27(15-16-28)17-24(29)31-18-19-7-2-1-3-8-19/h1-5,7-12H,6,13-18H2. The van der Waals surface area contributed by atoms with Crippen molar-refractivity contribution in [1.29, 1.82) is 0 Å². The minimum absolute atomic E-state index is 0.107. The number of hydrogen-bond acceptors (Lipinski definition) is 4. The molecule has 0 spiro atoms. The molecule has 1 heterocycles. The second kappa shape index (κ2) is 9.71. The largest absolute Gasteiger partial charge is 0.460 e. The van der Waals surface area contributed by atoms with E-state index in [1.54, 1.807) is 29.2 Å². The SMILES string of the molecule is O=C(CN1CCCN(C(=O)c2ccc(F)c3ccccc23)CC1)OCc1ccccc1. The quantitative estimate of drug-likeness (QED) is 0.588. The van der Waals surface area contributed by atoms with Crippen molar-refractivity contribution in [3.8, 4) is 0 Å². The normalized spacial score (nSPS) is 14.9. The average molecular weight is 420 g/mol. The number of ether oxygens (including phenoxy) is 1. The summed E-state index contributed by atoms with van der Waals surface area (Å²) in [4.78, 5) is 29.2. The van der Waals surface area contributed by atoms with Gasteiger partial charge in [0.05, 0.1) is 6.54 Å². The van der Waals surface area contributed by atoms with Crippen molar-refractivity contribution in [2.45, 2.75) is 13.0 Å². The number of carbonyl (C=O) groups is 2. The number of amides is 1. The van der Waals surface area contributed by atoms with Gasteiger partial charge in [-0.15, -0.1) is 0 Å². The van der Waals surface area contributed by atoms with Crippen LogP contribution >= 0.6 is 0 Å². The summed E-state index contributed by atoms with van der Waals surface area (Å²) < 4.78 is 19.5. The lowest BCUT2D eigenvalue weighted by Gasteiger charge is -2.22. The molecule has 5 nitrogen and oxygen atoms in total. The van der Waals surface area contributed by atoms with Crippen LogP contribution in [-0.2, 0) is 16.1 Å². The second-order valence-corrected chi connectivity index (χ2v) is 7.71. The monoisotopic (exact) mass is 420 g/mol. The van der Waals surface area contributed by atoms with Gasteiger partial charge in [0.15, 0.2) is 0 Å². The average Bonchev–Trinajstić information content (AvgIpc) is 3.04. The van der Waals surface area contributed by atoms with Gasteiger partial charge in [-0.3, -0.25) is 14.5 Å². The highest BCUT2D eigenvalue weighted by molar-refractivity contribution is 6.07. The summed E-state index contributed by atoms with van der Waals surface area (Å²) in [7, 11) is 0. The molecule has 0 atom stereocenters. The van der Waals surface area contributed by atoms with Crippen LogP contribution in [0.15, 0.2) is 66.7 Å². The van der Waals surface area contributed by atoms with Gasteiger partial charge in [-0.05, 0) is 29.5 Å². The lowest BCUT2D eigenvalue weighted by molar-refractivity contribution is -0.146. The molecule has 1 amide bonds. The highest BCUT2D eigenvalue weighted by Crippen LogP contribution is 2.23. The molecule has 0 aliphatic carbocycles. The third-order valence-electron chi connectivity index (χ3n) is 5.57. The Labute approximate surface area is 181 Å². The van der Waals surface area contributed by atoms with E-state index >= 15 is 0 Å². The van der Waals surface area contributed by atoms with Crippen LogP contribution in [-0.4, -0.2) is 54.4 Å². The molecule has 31 heavy (non-hydrogen) atoms. The van der Waals surface area contributed by atoms with Gasteiger partial charge < -0.3 is 9.64 Å². The predicted molar refractivity (Wildman–Crippen MR) is 117 cm³/mol. The Hall–Kier alpha value is -3.25. The van der Waals surface area contributed by atoms with Crippen molar-refractivity contribution in [1.82, 2.24) is 9.80 Å². The molecule has 1 saturated heterocycles. The van der Waals surface area contributed by atoms with Crippen LogP contribution in [0.1, 0.15) is 22.3 Å². The Balaban J connectivity index is 1.35. The van der Waals surface area contributed by atoms with Crippen molar-refractivity contribution in [2.24, 2.45) is 0 Å². The summed E-state index contributed by atoms with van der Waals surface area (Å²) in [6, 6.07) is 19.5. The van der Waals surface area contributed by atoms with E-state index in [1.807, 2.05) is 41.3 Å². The van der Waals surface area contributed by atoms with E-state index in [0.717, 1.165) is 12.0 Å². The molecular weight excluding hydrogens is 395 g/mol. The third kappa shape index (κ3) is 5.09. The highest BCUT2D eigenvalue weighted by atomic mass is 19.1. The molecule has 6 heteroatoms. The molecule has 0 radical (unpaired) electrons. The number of nitrogens with zero attached hydrogens (tertiary/aromatic N) is 2. The Kier molecular flexibility index (Phi) is 6.57. The Morgan fingerprint density at radius 2 is 1.58 bits per heavy atom. The summed E-state index contributed by atoms with van der Waals surface area (Å²) in [5.41, 5.74) is 1.46. The fourth-order valence-electron chi connectivity index (χ4n) is 3.92. The van der Waals surface area contributed by atoms with Gasteiger partial charge in [0.2, 0.25) is 0 Å². The van der Waals surface area contributed by atoms with Crippen molar-refractivity contribution >= 4 is 22.6 Å². The van der Waals surface area contributed by atoms with E-state index in [0.29, 0.717) is 42.5 Å². The van der Waals surface area contributed by atoms with E-state index in [1.165, 1.54) is 6.07 Å². The van der Waals surface area contributed by atoms with E-state index in [4.69, 9.17) is 4.74 Å². The first-order valence-electron chi connectivity index (χ1n) is 10.5. The maximum absolute atomic E-state index is 14.1. The van der Waals surface area contributed by atoms with Crippen molar-refractivity contribution in [3.05, 3.63) is 83.7 Å². The maximum Gasteiger partial charge on any atom is 0.320 e. The van der Waals surface area contributed by atoms with Gasteiger partial charge >= 0.3 is 5.97 Å². The molecule has 3 aromatic carbocycles. The van der Waals surface area contributed by atoms with Crippen LogP contribution in [0.5, 0.6) is 0 Å². The van der Waals surface area contributed by atoms with Gasteiger partial charge in [0.25, 0.3) is 5.91 Å². The van der Waals surface area contributed by atoms with Gasteiger partial charge in [-0.25, -0.2) is 4.39 Å². The fraction of sp³-hybridized carbons (Fsp3) is 0.280. The number of benzene rings is 3. The summed E-state index contributed by atoms with van der Waals surface area (Å²) in [6.45, 7) is 2.88. The Morgan fingerprint density at radius 1 is 0.839 bits per heavy atom. The van der Waals surface area contributed by atoms with Gasteiger partial charge in [0.1, 0.15) is 12.4 Å². The van der Waals surface area contributed by atoms with Crippen LogP contribution in [0.2, 0.25) is 0 Å². The molecule has 1 fully saturated rings. The number of fused-ring (bicyclic) bond motifs is 1. The molecule has 0 aromatic heterocycles. The molecule has 1 aliphatic heterocycles. The number of rotatable bonds is 5. The minimum atomic E-state index is -0.330. The molecular formula is C25H25FN2O3. The highest BCUT2D eigenvalue weighted by Gasteiger charge is 2.23. The topological polar surface area (TPSA) is 49.9 Å². The molecule has 0 saturated carbocycles. The first-order chi connectivity index (χ1) is 15.1. The summed E-state index contributed by atoms with van der Waals surface area (Å²) >= 11 is 0. The van der Waals surface area contributed by atoms with Crippen molar-refractivity contribution < 1.29 is 18.7 Å². The smallest absolute Gasteiger partial charge is 0.320 e. The molecule has 160 valence electrons. The summed E-state index contributed by atoms with van der Waals surface area (Å²) in [5, 5.41) is 1.07. The molecule has 3 aromatic rings. The van der Waals surface area contributed by atoms with Crippen LogP contribution in [0.25, 0.3) is 10.8 Å². The van der Waals surface area contributed by atoms with Crippen molar-refractivity contribution in [3.63, 3.8) is 0 Å². The maximum atomic E-state index is 14.1. The predicted octanol–water partition coefficient (Wildman–Crippen LogP) is 3.87. The zero-order chi connectivity index (χ0) is 21.6. The Bertz CT molecular complexity index is 1070. The summed E-state index contributed by atoms with van der Waals surface area (Å²) in [5.74, 6) is -0.707. The Morgan fingerprint density at radius 3 is 2.39 bits per heavy atom. The van der Waals surface area contributed by atoms with Crippen LogP contribution < -0.4 is 0 Å². The summed E-state index contributed by atoms with van der Waals surface area (Å²) in [6.07, 6.45) is 0.761. The number of carbonyl (C=O) groups excluding carboxylic acids is 2. The zero-order valence-electron chi connectivity index (χ0n) is 17.3. The van der Waals surface area contributed by atoms with Gasteiger partial charge in [-0.1, -0.05) is 54.6 Å². The van der Waals surface area contributed by atoms with E-state index in [2.05, 4.69) is 0 Å². The molecule has 4 rings (SSSR count).